The van der Waals surface area contributed by atoms with Crippen molar-refractivity contribution in [1.82, 2.24) is 0 Å². The van der Waals surface area contributed by atoms with Crippen molar-refractivity contribution in [3.05, 3.63) is 12.2 Å². The molecule has 0 N–H and O–H groups in total. The smallest absolute Gasteiger partial charge is 0.357 e. The fourth-order valence-corrected chi connectivity index (χ4v) is 0.961. The number of hydrogen-bond acceptors (Lipinski definition) is 4. The van der Waals surface area contributed by atoms with Gasteiger partial charge in [0.2, 0.25) is 0 Å². The van der Waals surface area contributed by atoms with E-state index in [1.54, 1.807) is 13.8 Å². The SMILES string of the molecule is C=C(C)C(=O)OC1(OCCC)OC1C. The number of epoxide rings is 1. The van der Waals surface area contributed by atoms with Crippen molar-refractivity contribution in [1.29, 1.82) is 0 Å². The third kappa shape index (κ3) is 2.33. The Morgan fingerprint density at radius 1 is 1.64 bits per heavy atom. The summed E-state index contributed by atoms with van der Waals surface area (Å²) in [6.45, 7) is 9.35. The summed E-state index contributed by atoms with van der Waals surface area (Å²) >= 11 is 0. The van der Waals surface area contributed by atoms with Crippen LogP contribution in [0.25, 0.3) is 0 Å². The number of carbonyl (C=O) groups is 1. The molecular formula is C10H16O4. The van der Waals surface area contributed by atoms with E-state index >= 15 is 0 Å². The number of esters is 1. The minimum Gasteiger partial charge on any atom is -0.402 e. The summed E-state index contributed by atoms with van der Waals surface area (Å²) in [5.74, 6) is -1.63. The van der Waals surface area contributed by atoms with Crippen LogP contribution < -0.4 is 0 Å². The Kier molecular flexibility index (Phi) is 3.29. The van der Waals surface area contributed by atoms with Gasteiger partial charge in [-0.25, -0.2) is 4.79 Å². The maximum atomic E-state index is 11.2. The van der Waals surface area contributed by atoms with E-state index in [4.69, 9.17) is 14.2 Å². The molecule has 14 heavy (non-hydrogen) atoms. The maximum Gasteiger partial charge on any atom is 0.357 e. The third-order valence-corrected chi connectivity index (χ3v) is 1.87. The van der Waals surface area contributed by atoms with Gasteiger partial charge < -0.3 is 14.2 Å². The van der Waals surface area contributed by atoms with Crippen LogP contribution >= 0.6 is 0 Å². The number of ether oxygens (including phenoxy) is 3. The number of carbonyl (C=O) groups excluding carboxylic acids is 1. The van der Waals surface area contributed by atoms with Crippen LogP contribution in [0.15, 0.2) is 12.2 Å². The molecule has 0 bridgehead atoms. The van der Waals surface area contributed by atoms with E-state index in [-0.39, 0.29) is 6.10 Å². The van der Waals surface area contributed by atoms with E-state index in [0.29, 0.717) is 12.2 Å². The van der Waals surface area contributed by atoms with Crippen molar-refractivity contribution in [3.63, 3.8) is 0 Å². The minimum absolute atomic E-state index is 0.197. The maximum absolute atomic E-state index is 11.2. The second kappa shape index (κ2) is 4.11. The summed E-state index contributed by atoms with van der Waals surface area (Å²) in [6, 6.07) is 0. The highest BCUT2D eigenvalue weighted by Crippen LogP contribution is 2.39. The molecule has 2 unspecified atom stereocenters. The zero-order valence-electron chi connectivity index (χ0n) is 8.83. The molecule has 1 aliphatic rings. The highest BCUT2D eigenvalue weighted by molar-refractivity contribution is 5.87. The van der Waals surface area contributed by atoms with Gasteiger partial charge in [0.05, 0.1) is 6.61 Å². The molecule has 1 fully saturated rings. The molecule has 0 aromatic rings. The highest BCUT2D eigenvalue weighted by atomic mass is 17.0. The fourth-order valence-electron chi connectivity index (χ4n) is 0.961. The van der Waals surface area contributed by atoms with Gasteiger partial charge in [0.1, 0.15) is 0 Å². The number of rotatable bonds is 5. The quantitative estimate of drug-likeness (QED) is 0.293. The molecule has 0 amide bonds. The minimum atomic E-state index is -1.15. The van der Waals surface area contributed by atoms with Gasteiger partial charge in [-0.15, -0.1) is 0 Å². The van der Waals surface area contributed by atoms with Crippen LogP contribution in [-0.4, -0.2) is 24.7 Å². The van der Waals surface area contributed by atoms with Crippen LogP contribution in [0.4, 0.5) is 0 Å². The Hall–Kier alpha value is -0.870. The van der Waals surface area contributed by atoms with Gasteiger partial charge >= 0.3 is 11.9 Å². The van der Waals surface area contributed by atoms with Crippen molar-refractivity contribution >= 4 is 5.97 Å². The molecule has 1 saturated heterocycles. The third-order valence-electron chi connectivity index (χ3n) is 1.87. The average Bonchev–Trinajstić information content (AvgIpc) is 2.73. The van der Waals surface area contributed by atoms with Gasteiger partial charge in [0.15, 0.2) is 6.10 Å². The zero-order chi connectivity index (χ0) is 10.8. The van der Waals surface area contributed by atoms with Gasteiger partial charge in [-0.3, -0.25) is 0 Å². The lowest BCUT2D eigenvalue weighted by molar-refractivity contribution is -0.222. The molecule has 0 aliphatic carbocycles. The molecule has 1 aliphatic heterocycles. The van der Waals surface area contributed by atoms with Gasteiger partial charge in [0, 0.05) is 5.57 Å². The Bertz CT molecular complexity index is 249. The van der Waals surface area contributed by atoms with E-state index in [2.05, 4.69) is 6.58 Å². The van der Waals surface area contributed by atoms with E-state index < -0.39 is 11.9 Å². The molecule has 0 radical (unpaired) electrons. The van der Waals surface area contributed by atoms with Gasteiger partial charge in [-0.05, 0) is 20.3 Å². The first-order chi connectivity index (χ1) is 6.52. The first-order valence-corrected chi connectivity index (χ1v) is 4.72. The van der Waals surface area contributed by atoms with Crippen LogP contribution in [0.1, 0.15) is 27.2 Å². The predicted molar refractivity (Wildman–Crippen MR) is 50.4 cm³/mol. The molecule has 0 aromatic heterocycles. The second-order valence-electron chi connectivity index (χ2n) is 3.38. The molecule has 80 valence electrons. The molecule has 4 nitrogen and oxygen atoms in total. The lowest BCUT2D eigenvalue weighted by Crippen LogP contribution is -2.27. The van der Waals surface area contributed by atoms with Crippen molar-refractivity contribution in [2.75, 3.05) is 6.61 Å². The van der Waals surface area contributed by atoms with Crippen LogP contribution in [-0.2, 0) is 19.0 Å². The summed E-state index contributed by atoms with van der Waals surface area (Å²) in [7, 11) is 0. The lowest BCUT2D eigenvalue weighted by Gasteiger charge is -2.13. The molecule has 2 atom stereocenters. The van der Waals surface area contributed by atoms with Crippen molar-refractivity contribution in [3.8, 4) is 0 Å². The summed E-state index contributed by atoms with van der Waals surface area (Å²) in [4.78, 5) is 11.2. The van der Waals surface area contributed by atoms with E-state index in [9.17, 15) is 4.79 Å². The summed E-state index contributed by atoms with van der Waals surface area (Å²) in [5.41, 5.74) is 0.340. The van der Waals surface area contributed by atoms with E-state index in [1.807, 2.05) is 6.92 Å². The molecule has 0 spiro atoms. The summed E-state index contributed by atoms with van der Waals surface area (Å²) in [6.07, 6.45) is 0.653. The van der Waals surface area contributed by atoms with Crippen molar-refractivity contribution in [2.24, 2.45) is 0 Å². The molecule has 1 heterocycles. The first kappa shape index (κ1) is 11.2. The number of hydrogen-bond donors (Lipinski definition) is 0. The Morgan fingerprint density at radius 3 is 2.57 bits per heavy atom. The van der Waals surface area contributed by atoms with Crippen LogP contribution in [0.2, 0.25) is 0 Å². The van der Waals surface area contributed by atoms with Gasteiger partial charge in [-0.1, -0.05) is 13.5 Å². The van der Waals surface area contributed by atoms with Crippen LogP contribution in [0.5, 0.6) is 0 Å². The zero-order valence-corrected chi connectivity index (χ0v) is 8.83. The largest absolute Gasteiger partial charge is 0.402 e. The average molecular weight is 200 g/mol. The predicted octanol–water partition coefficient (Wildman–Crippen LogP) is 1.60. The monoisotopic (exact) mass is 200 g/mol. The van der Waals surface area contributed by atoms with Crippen molar-refractivity contribution in [2.45, 2.75) is 39.3 Å². The summed E-state index contributed by atoms with van der Waals surface area (Å²) < 4.78 is 15.5. The molecule has 0 saturated carbocycles. The molecular weight excluding hydrogens is 184 g/mol. The summed E-state index contributed by atoms with van der Waals surface area (Å²) in [5, 5.41) is 0. The molecule has 1 rings (SSSR count). The normalized spacial score (nSPS) is 29.8. The first-order valence-electron chi connectivity index (χ1n) is 4.72. The fraction of sp³-hybridized carbons (Fsp3) is 0.700. The van der Waals surface area contributed by atoms with Gasteiger partial charge in [-0.2, -0.15) is 0 Å². The standard InChI is InChI=1S/C10H16O4/c1-5-6-12-10(8(4)13-10)14-9(11)7(2)3/h8H,2,5-6H2,1,3-4H3. The molecule has 0 aromatic carbocycles. The highest BCUT2D eigenvalue weighted by Gasteiger charge is 2.60. The second-order valence-corrected chi connectivity index (χ2v) is 3.38. The van der Waals surface area contributed by atoms with Gasteiger partial charge in [0.25, 0.3) is 0 Å². The van der Waals surface area contributed by atoms with Crippen molar-refractivity contribution < 1.29 is 19.0 Å². The van der Waals surface area contributed by atoms with Crippen LogP contribution in [0, 0.1) is 0 Å². The lowest BCUT2D eigenvalue weighted by atomic mass is 10.3. The molecule has 4 heteroatoms. The van der Waals surface area contributed by atoms with E-state index in [1.165, 1.54) is 0 Å². The Balaban J connectivity index is 2.47. The van der Waals surface area contributed by atoms with E-state index in [0.717, 1.165) is 6.42 Å². The Morgan fingerprint density at radius 2 is 2.21 bits per heavy atom. The van der Waals surface area contributed by atoms with Crippen LogP contribution in [0.3, 0.4) is 0 Å². The Labute approximate surface area is 83.8 Å². The topological polar surface area (TPSA) is 48.1 Å².